The van der Waals surface area contributed by atoms with Crippen LogP contribution in [0.15, 0.2) is 23.6 Å². The minimum absolute atomic E-state index is 0.261. The highest BCUT2D eigenvalue weighted by molar-refractivity contribution is 7.10. The zero-order valence-electron chi connectivity index (χ0n) is 13.1. The Hall–Kier alpha value is -0.890. The van der Waals surface area contributed by atoms with Crippen LogP contribution in [0.2, 0.25) is 0 Å². The molecule has 0 aliphatic rings. The van der Waals surface area contributed by atoms with Crippen molar-refractivity contribution >= 4 is 23.2 Å². The Morgan fingerprint density at radius 3 is 2.50 bits per heavy atom. The molecule has 0 unspecified atom stereocenters. The molecular formula is C18H28OS. The lowest BCUT2D eigenvalue weighted by Crippen LogP contribution is -2.13. The third-order valence-corrected chi connectivity index (χ3v) is 4.78. The Balaban J connectivity index is 2.35. The predicted molar refractivity (Wildman–Crippen MR) is 90.1 cm³/mol. The fourth-order valence-electron chi connectivity index (χ4n) is 2.71. The van der Waals surface area contributed by atoms with E-state index in [1.807, 2.05) is 23.6 Å². The normalized spacial score (nSPS) is 13.2. The molecule has 1 aromatic rings. The maximum Gasteiger partial charge on any atom is 0.155 e. The van der Waals surface area contributed by atoms with Crippen LogP contribution in [0.3, 0.4) is 0 Å². The molecule has 20 heavy (non-hydrogen) atoms. The minimum atomic E-state index is 0.261. The molecule has 112 valence electrons. The molecule has 1 atom stereocenters. The highest BCUT2D eigenvalue weighted by atomic mass is 32.1. The number of hydrogen-bond acceptors (Lipinski definition) is 2. The first-order chi connectivity index (χ1) is 9.67. The molecule has 2 heteroatoms. The Morgan fingerprint density at radius 1 is 1.25 bits per heavy atom. The summed E-state index contributed by atoms with van der Waals surface area (Å²) >= 11 is 1.67. The Morgan fingerprint density at radius 2 is 1.95 bits per heavy atom. The second-order valence-electron chi connectivity index (χ2n) is 5.67. The number of carbonyl (C=O) groups excluding carboxylic acids is 1. The summed E-state index contributed by atoms with van der Waals surface area (Å²) in [5.41, 5.74) is 0. The van der Waals surface area contributed by atoms with Gasteiger partial charge in [-0.1, -0.05) is 52.5 Å². The SMILES string of the molecule is CCCC(CCC)[C@@H](C)CCC(=O)/C=C/c1cccs1. The van der Waals surface area contributed by atoms with Gasteiger partial charge in [-0.25, -0.2) is 0 Å². The van der Waals surface area contributed by atoms with Crippen LogP contribution in [0.4, 0.5) is 0 Å². The summed E-state index contributed by atoms with van der Waals surface area (Å²) in [6, 6.07) is 4.05. The molecule has 1 rings (SSSR count). The van der Waals surface area contributed by atoms with E-state index in [9.17, 15) is 4.79 Å². The van der Waals surface area contributed by atoms with Crippen LogP contribution in [0.25, 0.3) is 6.08 Å². The smallest absolute Gasteiger partial charge is 0.155 e. The fraction of sp³-hybridized carbons (Fsp3) is 0.611. The Bertz CT molecular complexity index is 386. The van der Waals surface area contributed by atoms with Crippen molar-refractivity contribution in [2.24, 2.45) is 11.8 Å². The number of rotatable bonds is 10. The molecule has 0 bridgehead atoms. The van der Waals surface area contributed by atoms with Crippen molar-refractivity contribution in [3.8, 4) is 0 Å². The molecule has 0 saturated carbocycles. The second-order valence-corrected chi connectivity index (χ2v) is 6.65. The van der Waals surface area contributed by atoms with E-state index in [0.29, 0.717) is 12.3 Å². The fourth-order valence-corrected chi connectivity index (χ4v) is 3.32. The average Bonchev–Trinajstić information content (AvgIpc) is 2.95. The van der Waals surface area contributed by atoms with E-state index in [1.165, 1.54) is 25.7 Å². The largest absolute Gasteiger partial charge is 0.295 e. The summed E-state index contributed by atoms with van der Waals surface area (Å²) in [5, 5.41) is 2.03. The zero-order valence-corrected chi connectivity index (χ0v) is 13.9. The van der Waals surface area contributed by atoms with Crippen LogP contribution >= 0.6 is 11.3 Å². The first-order valence-electron chi connectivity index (χ1n) is 7.91. The summed E-state index contributed by atoms with van der Waals surface area (Å²) in [4.78, 5) is 13.1. The standard InChI is InChI=1S/C18H28OS/c1-4-7-16(8-5-2)15(3)10-11-17(19)12-13-18-9-6-14-20-18/h6,9,12-16H,4-5,7-8,10-11H2,1-3H3/b13-12+/t15-/m0/s1. The van der Waals surface area contributed by atoms with Crippen molar-refractivity contribution < 1.29 is 4.79 Å². The maximum absolute atomic E-state index is 11.9. The van der Waals surface area contributed by atoms with Gasteiger partial charge in [0.1, 0.15) is 0 Å². The molecule has 1 nitrogen and oxygen atoms in total. The molecule has 1 aromatic heterocycles. The van der Waals surface area contributed by atoms with Gasteiger partial charge in [0.2, 0.25) is 0 Å². The summed E-state index contributed by atoms with van der Waals surface area (Å²) in [6.07, 6.45) is 10.5. The summed E-state index contributed by atoms with van der Waals surface area (Å²) in [5.74, 6) is 1.71. The van der Waals surface area contributed by atoms with Crippen LogP contribution in [0, 0.1) is 11.8 Å². The third-order valence-electron chi connectivity index (χ3n) is 3.95. The van der Waals surface area contributed by atoms with Crippen molar-refractivity contribution in [1.82, 2.24) is 0 Å². The van der Waals surface area contributed by atoms with Gasteiger partial charge < -0.3 is 0 Å². The van der Waals surface area contributed by atoms with Crippen LogP contribution in [-0.4, -0.2) is 5.78 Å². The number of ketones is 1. The van der Waals surface area contributed by atoms with E-state index in [4.69, 9.17) is 0 Å². The average molecular weight is 292 g/mol. The molecule has 0 spiro atoms. The highest BCUT2D eigenvalue weighted by Gasteiger charge is 2.16. The lowest BCUT2D eigenvalue weighted by molar-refractivity contribution is -0.114. The number of hydrogen-bond donors (Lipinski definition) is 0. The lowest BCUT2D eigenvalue weighted by Gasteiger charge is -2.22. The summed E-state index contributed by atoms with van der Waals surface area (Å²) in [6.45, 7) is 6.82. The maximum atomic E-state index is 11.9. The van der Waals surface area contributed by atoms with E-state index < -0.39 is 0 Å². The van der Waals surface area contributed by atoms with Crippen LogP contribution < -0.4 is 0 Å². The molecule has 0 aliphatic carbocycles. The van der Waals surface area contributed by atoms with Gasteiger partial charge in [0, 0.05) is 11.3 Å². The van der Waals surface area contributed by atoms with Gasteiger partial charge in [0.15, 0.2) is 5.78 Å². The van der Waals surface area contributed by atoms with E-state index >= 15 is 0 Å². The van der Waals surface area contributed by atoms with Crippen molar-refractivity contribution in [3.05, 3.63) is 28.5 Å². The van der Waals surface area contributed by atoms with Gasteiger partial charge in [0.25, 0.3) is 0 Å². The van der Waals surface area contributed by atoms with E-state index in [2.05, 4.69) is 20.8 Å². The first kappa shape index (κ1) is 17.2. The van der Waals surface area contributed by atoms with Crippen LogP contribution in [0.5, 0.6) is 0 Å². The van der Waals surface area contributed by atoms with Gasteiger partial charge in [0.05, 0.1) is 0 Å². The van der Waals surface area contributed by atoms with Crippen molar-refractivity contribution in [1.29, 1.82) is 0 Å². The van der Waals surface area contributed by atoms with Gasteiger partial charge >= 0.3 is 0 Å². The van der Waals surface area contributed by atoms with Gasteiger partial charge in [-0.15, -0.1) is 11.3 Å². The third kappa shape index (κ3) is 6.51. The van der Waals surface area contributed by atoms with E-state index in [0.717, 1.165) is 17.2 Å². The molecular weight excluding hydrogens is 264 g/mol. The van der Waals surface area contributed by atoms with Gasteiger partial charge in [-0.3, -0.25) is 4.79 Å². The second kappa shape index (κ2) is 9.93. The summed E-state index contributed by atoms with van der Waals surface area (Å²) < 4.78 is 0. The van der Waals surface area contributed by atoms with Crippen LogP contribution in [0.1, 0.15) is 64.2 Å². The topological polar surface area (TPSA) is 17.1 Å². The Labute approximate surface area is 128 Å². The minimum Gasteiger partial charge on any atom is -0.295 e. The van der Waals surface area contributed by atoms with E-state index in [-0.39, 0.29) is 5.78 Å². The number of carbonyl (C=O) groups is 1. The van der Waals surface area contributed by atoms with E-state index in [1.54, 1.807) is 17.4 Å². The molecule has 0 fully saturated rings. The predicted octanol–water partition coefficient (Wildman–Crippen LogP) is 5.96. The van der Waals surface area contributed by atoms with Crippen molar-refractivity contribution in [2.45, 2.75) is 59.3 Å². The van der Waals surface area contributed by atoms with Crippen LogP contribution in [-0.2, 0) is 4.79 Å². The molecule has 1 heterocycles. The molecule has 0 radical (unpaired) electrons. The number of allylic oxidation sites excluding steroid dienone is 1. The lowest BCUT2D eigenvalue weighted by atomic mass is 9.83. The molecule has 0 aliphatic heterocycles. The first-order valence-corrected chi connectivity index (χ1v) is 8.79. The summed E-state index contributed by atoms with van der Waals surface area (Å²) in [7, 11) is 0. The van der Waals surface area contributed by atoms with Gasteiger partial charge in [-0.05, 0) is 41.9 Å². The number of thiophene rings is 1. The highest BCUT2D eigenvalue weighted by Crippen LogP contribution is 2.26. The molecule has 0 aromatic carbocycles. The Kier molecular flexibility index (Phi) is 8.52. The molecule has 0 N–H and O–H groups in total. The monoisotopic (exact) mass is 292 g/mol. The molecule has 0 amide bonds. The molecule has 0 saturated heterocycles. The van der Waals surface area contributed by atoms with Gasteiger partial charge in [-0.2, -0.15) is 0 Å². The quantitative estimate of drug-likeness (QED) is 0.486. The van der Waals surface area contributed by atoms with Crippen molar-refractivity contribution in [2.75, 3.05) is 0 Å². The van der Waals surface area contributed by atoms with Crippen molar-refractivity contribution in [3.63, 3.8) is 0 Å². The zero-order chi connectivity index (χ0) is 14.8.